The maximum atomic E-state index is 13.2. The lowest BCUT2D eigenvalue weighted by atomic mass is 10.2. The van der Waals surface area contributed by atoms with E-state index >= 15 is 0 Å². The maximum absolute atomic E-state index is 13.2. The van der Waals surface area contributed by atoms with E-state index in [9.17, 15) is 9.18 Å². The molecular weight excluding hydrogens is 249 g/mol. The largest absolute Gasteiger partial charge is 0.399 e. The number of nitrogens with one attached hydrogen (secondary N) is 1. The Kier molecular flexibility index (Phi) is 4.21. The molecule has 1 aromatic carbocycles. The first-order valence-electron chi connectivity index (χ1n) is 6.25. The fourth-order valence-electron chi connectivity index (χ4n) is 2.07. The fourth-order valence-corrected chi connectivity index (χ4v) is 2.07. The Morgan fingerprint density at radius 1 is 1.42 bits per heavy atom. The predicted octanol–water partition coefficient (Wildman–Crippen LogP) is 1.07. The molecule has 1 aliphatic rings. The van der Waals surface area contributed by atoms with Crippen molar-refractivity contribution >= 4 is 17.3 Å². The fraction of sp³-hybridized carbons (Fsp3) is 0.462. The normalized spacial score (nSPS) is 17.1. The van der Waals surface area contributed by atoms with Gasteiger partial charge < -0.3 is 20.7 Å². The third-order valence-electron chi connectivity index (χ3n) is 3.00. The molecule has 0 radical (unpaired) electrons. The van der Waals surface area contributed by atoms with Gasteiger partial charge in [-0.25, -0.2) is 4.39 Å². The molecule has 1 saturated heterocycles. The molecule has 0 aliphatic carbocycles. The molecule has 6 heteroatoms. The summed E-state index contributed by atoms with van der Waals surface area (Å²) >= 11 is 0. The number of hydrogen-bond acceptors (Lipinski definition) is 4. The second-order valence-electron chi connectivity index (χ2n) is 4.58. The van der Waals surface area contributed by atoms with Crippen molar-refractivity contribution in [3.63, 3.8) is 0 Å². The molecule has 1 aliphatic heterocycles. The second kappa shape index (κ2) is 5.88. The van der Waals surface area contributed by atoms with Crippen molar-refractivity contribution in [2.75, 3.05) is 37.4 Å². The van der Waals surface area contributed by atoms with E-state index in [1.165, 1.54) is 12.1 Å². The molecule has 1 atom stereocenters. The molecule has 1 aromatic rings. The first-order valence-corrected chi connectivity index (χ1v) is 6.25. The Morgan fingerprint density at radius 3 is 2.74 bits per heavy atom. The molecule has 1 unspecified atom stereocenters. The van der Waals surface area contributed by atoms with E-state index in [0.29, 0.717) is 37.7 Å². The topological polar surface area (TPSA) is 67.6 Å². The quantitative estimate of drug-likeness (QED) is 0.804. The molecule has 1 heterocycles. The van der Waals surface area contributed by atoms with Gasteiger partial charge in [-0.2, -0.15) is 0 Å². The molecule has 0 spiro atoms. The summed E-state index contributed by atoms with van der Waals surface area (Å²) in [7, 11) is 0. The molecule has 1 fully saturated rings. The number of morpholine rings is 1. The number of carbonyl (C=O) groups excluding carboxylic acids is 1. The van der Waals surface area contributed by atoms with Gasteiger partial charge in [-0.1, -0.05) is 0 Å². The van der Waals surface area contributed by atoms with Crippen molar-refractivity contribution in [3.05, 3.63) is 24.0 Å². The van der Waals surface area contributed by atoms with Crippen molar-refractivity contribution in [2.45, 2.75) is 13.0 Å². The lowest BCUT2D eigenvalue weighted by Crippen LogP contribution is -2.47. The van der Waals surface area contributed by atoms with Crippen molar-refractivity contribution in [1.29, 1.82) is 0 Å². The number of rotatable bonds is 3. The summed E-state index contributed by atoms with van der Waals surface area (Å²) in [6.45, 7) is 4.06. The summed E-state index contributed by atoms with van der Waals surface area (Å²) in [6.07, 6.45) is 0. The molecule has 2 rings (SSSR count). The van der Waals surface area contributed by atoms with Crippen LogP contribution >= 0.6 is 0 Å². The zero-order valence-electron chi connectivity index (χ0n) is 10.9. The number of anilines is 2. The number of halogens is 1. The van der Waals surface area contributed by atoms with Crippen LogP contribution in [0.5, 0.6) is 0 Å². The molecule has 3 N–H and O–H groups in total. The second-order valence-corrected chi connectivity index (χ2v) is 4.58. The third-order valence-corrected chi connectivity index (χ3v) is 3.00. The van der Waals surface area contributed by atoms with E-state index in [0.717, 1.165) is 0 Å². The number of hydrogen-bond donors (Lipinski definition) is 2. The standard InChI is InChI=1S/C13H18FN3O2/c1-9(13(18)17-2-4-19-5-3-17)16-12-7-10(14)6-11(15)8-12/h6-9,16H,2-5,15H2,1H3. The van der Waals surface area contributed by atoms with Crippen LogP contribution in [-0.4, -0.2) is 43.2 Å². The summed E-state index contributed by atoms with van der Waals surface area (Å²) in [4.78, 5) is 13.9. The van der Waals surface area contributed by atoms with E-state index < -0.39 is 11.9 Å². The first kappa shape index (κ1) is 13.6. The monoisotopic (exact) mass is 267 g/mol. The molecule has 0 bridgehead atoms. The molecule has 0 aromatic heterocycles. The summed E-state index contributed by atoms with van der Waals surface area (Å²) in [5.74, 6) is -0.445. The van der Waals surface area contributed by atoms with Gasteiger partial charge in [-0.3, -0.25) is 4.79 Å². The highest BCUT2D eigenvalue weighted by molar-refractivity contribution is 5.84. The Balaban J connectivity index is 1.99. The summed E-state index contributed by atoms with van der Waals surface area (Å²) < 4.78 is 18.4. The van der Waals surface area contributed by atoms with Crippen LogP contribution in [0, 0.1) is 5.82 Å². The van der Waals surface area contributed by atoms with Gasteiger partial charge in [0.05, 0.1) is 13.2 Å². The smallest absolute Gasteiger partial charge is 0.244 e. The van der Waals surface area contributed by atoms with Crippen molar-refractivity contribution < 1.29 is 13.9 Å². The minimum Gasteiger partial charge on any atom is -0.399 e. The first-order chi connectivity index (χ1) is 9.06. The summed E-state index contributed by atoms with van der Waals surface area (Å²) in [6, 6.07) is 3.73. The van der Waals surface area contributed by atoms with Gasteiger partial charge in [0, 0.05) is 24.5 Å². The number of nitrogen functional groups attached to an aromatic ring is 1. The molecule has 5 nitrogen and oxygen atoms in total. The van der Waals surface area contributed by atoms with Gasteiger partial charge in [0.1, 0.15) is 11.9 Å². The van der Waals surface area contributed by atoms with Crippen LogP contribution in [0.25, 0.3) is 0 Å². The minimum absolute atomic E-state index is 0.0221. The zero-order valence-corrected chi connectivity index (χ0v) is 10.9. The van der Waals surface area contributed by atoms with E-state index in [4.69, 9.17) is 10.5 Å². The molecule has 0 saturated carbocycles. The van der Waals surface area contributed by atoms with E-state index in [2.05, 4.69) is 5.32 Å². The molecular formula is C13H18FN3O2. The van der Waals surface area contributed by atoms with Crippen molar-refractivity contribution in [3.8, 4) is 0 Å². The lowest BCUT2D eigenvalue weighted by Gasteiger charge is -2.29. The van der Waals surface area contributed by atoms with Crippen LogP contribution in [0.4, 0.5) is 15.8 Å². The van der Waals surface area contributed by atoms with Crippen LogP contribution in [0.1, 0.15) is 6.92 Å². The highest BCUT2D eigenvalue weighted by Gasteiger charge is 2.22. The Morgan fingerprint density at radius 2 is 2.11 bits per heavy atom. The molecule has 104 valence electrons. The van der Waals surface area contributed by atoms with Gasteiger partial charge in [0.15, 0.2) is 0 Å². The van der Waals surface area contributed by atoms with Crippen molar-refractivity contribution in [2.24, 2.45) is 0 Å². The highest BCUT2D eigenvalue weighted by atomic mass is 19.1. The van der Waals surface area contributed by atoms with Crippen LogP contribution < -0.4 is 11.1 Å². The minimum atomic E-state index is -0.431. The van der Waals surface area contributed by atoms with Crippen LogP contribution in [0.2, 0.25) is 0 Å². The number of amides is 1. The van der Waals surface area contributed by atoms with Crippen molar-refractivity contribution in [1.82, 2.24) is 4.90 Å². The maximum Gasteiger partial charge on any atom is 0.244 e. The Bertz CT molecular complexity index is 441. The SMILES string of the molecule is CC(Nc1cc(N)cc(F)c1)C(=O)N1CCOCC1. The third kappa shape index (κ3) is 3.57. The average Bonchev–Trinajstić information content (AvgIpc) is 2.37. The number of nitrogens with two attached hydrogens (primary N) is 1. The number of nitrogens with zero attached hydrogens (tertiary/aromatic N) is 1. The summed E-state index contributed by atoms with van der Waals surface area (Å²) in [5, 5.41) is 2.97. The average molecular weight is 267 g/mol. The van der Waals surface area contributed by atoms with Crippen LogP contribution in [0.15, 0.2) is 18.2 Å². The summed E-state index contributed by atoms with van der Waals surface area (Å²) in [5.41, 5.74) is 6.40. The molecule has 1 amide bonds. The van der Waals surface area contributed by atoms with Gasteiger partial charge in [0.2, 0.25) is 5.91 Å². The number of ether oxygens (including phenoxy) is 1. The van der Waals surface area contributed by atoms with E-state index in [1.54, 1.807) is 17.9 Å². The highest BCUT2D eigenvalue weighted by Crippen LogP contribution is 2.17. The van der Waals surface area contributed by atoms with E-state index in [1.807, 2.05) is 0 Å². The van der Waals surface area contributed by atoms with Gasteiger partial charge >= 0.3 is 0 Å². The Hall–Kier alpha value is -1.82. The number of benzene rings is 1. The zero-order chi connectivity index (χ0) is 13.8. The number of carbonyl (C=O) groups is 1. The predicted molar refractivity (Wildman–Crippen MR) is 71.3 cm³/mol. The van der Waals surface area contributed by atoms with Gasteiger partial charge in [-0.05, 0) is 25.1 Å². The Labute approximate surface area is 111 Å². The lowest BCUT2D eigenvalue weighted by molar-refractivity contribution is -0.135. The van der Waals surface area contributed by atoms with Crippen LogP contribution in [-0.2, 0) is 9.53 Å². The molecule has 19 heavy (non-hydrogen) atoms. The van der Waals surface area contributed by atoms with E-state index in [-0.39, 0.29) is 5.91 Å². The van der Waals surface area contributed by atoms with Crippen LogP contribution in [0.3, 0.4) is 0 Å². The van der Waals surface area contributed by atoms with Gasteiger partial charge in [0.25, 0.3) is 0 Å². The van der Waals surface area contributed by atoms with Gasteiger partial charge in [-0.15, -0.1) is 0 Å².